The highest BCUT2D eigenvalue weighted by Crippen LogP contribution is 2.38. The van der Waals surface area contributed by atoms with Gasteiger partial charge in [-0.25, -0.2) is 18.1 Å². The Hall–Kier alpha value is -3.55. The largest absolute Gasteiger partial charge is 0.423 e. The number of nitro groups is 1. The number of aromatic nitrogens is 1. The van der Waals surface area contributed by atoms with Crippen molar-refractivity contribution >= 4 is 48.3 Å². The number of carbonyl (C=O) groups is 1. The van der Waals surface area contributed by atoms with E-state index in [1.807, 2.05) is 4.90 Å². The average molecular weight is 696 g/mol. The summed E-state index contributed by atoms with van der Waals surface area (Å²) >= 11 is 1.27. The number of nitro benzene ring substituents is 1. The number of alkyl halides is 6. The molecule has 2 aliphatic rings. The summed E-state index contributed by atoms with van der Waals surface area (Å²) in [4.78, 5) is 29.6. The lowest BCUT2D eigenvalue weighted by Crippen LogP contribution is -2.50. The Morgan fingerprint density at radius 2 is 1.67 bits per heavy atom. The second-order valence-electron chi connectivity index (χ2n) is 10.9. The molecule has 5 rings (SSSR count). The van der Waals surface area contributed by atoms with E-state index in [0.717, 1.165) is 18.2 Å². The number of anilines is 1. The van der Waals surface area contributed by atoms with Gasteiger partial charge in [-0.1, -0.05) is 11.3 Å². The van der Waals surface area contributed by atoms with E-state index in [4.69, 9.17) is 4.74 Å². The Bertz CT molecular complexity index is 1720. The topological polar surface area (TPSA) is 135 Å². The first kappa shape index (κ1) is 33.8. The van der Waals surface area contributed by atoms with Gasteiger partial charge in [0.1, 0.15) is 12.2 Å². The fraction of sp³-hybridized carbons (Fsp3) is 0.481. The minimum atomic E-state index is -5.13. The molecule has 2 heterocycles. The third-order valence-corrected chi connectivity index (χ3v) is 10.4. The Morgan fingerprint density at radius 3 is 2.28 bits per heavy atom. The maximum atomic E-state index is 13.3. The van der Waals surface area contributed by atoms with Crippen LogP contribution in [0.4, 0.5) is 37.2 Å². The first-order valence-corrected chi connectivity index (χ1v) is 16.3. The van der Waals surface area contributed by atoms with Crippen molar-refractivity contribution in [3.05, 3.63) is 57.6 Å². The molecule has 2 fully saturated rings. The van der Waals surface area contributed by atoms with Crippen LogP contribution in [-0.2, 0) is 31.9 Å². The zero-order valence-electron chi connectivity index (χ0n) is 23.8. The molecule has 1 aromatic heterocycles. The summed E-state index contributed by atoms with van der Waals surface area (Å²) < 4.78 is 113. The number of piperazine rings is 1. The Labute approximate surface area is 262 Å². The normalized spacial score (nSPS) is 19.9. The number of benzene rings is 2. The molecular weight excluding hydrogens is 668 g/mol. The van der Waals surface area contributed by atoms with Crippen molar-refractivity contribution in [1.29, 1.82) is 0 Å². The Balaban J connectivity index is 1.07. The SMILES string of the molecule is O=C(CO[C@H]1CC[C@H](NS(=O)(=O)c2ccc([N+](=O)[O-])c(C(F)(F)F)c2)CC1)N1CCN(c2nc3cc(C(F)(F)F)ccc3s2)CC1. The van der Waals surface area contributed by atoms with Gasteiger partial charge in [-0.3, -0.25) is 14.9 Å². The van der Waals surface area contributed by atoms with Gasteiger partial charge in [0, 0.05) is 38.3 Å². The van der Waals surface area contributed by atoms with Crippen LogP contribution in [-0.4, -0.2) is 74.1 Å². The lowest BCUT2D eigenvalue weighted by Gasteiger charge is -2.35. The molecule has 0 atom stereocenters. The van der Waals surface area contributed by atoms with Crippen LogP contribution >= 0.6 is 11.3 Å². The minimum absolute atomic E-state index is 0.203. The highest BCUT2D eigenvalue weighted by atomic mass is 32.2. The molecule has 0 spiro atoms. The molecular formula is C27H27F6N5O6S2. The van der Waals surface area contributed by atoms with E-state index in [-0.39, 0.29) is 30.2 Å². The first-order valence-electron chi connectivity index (χ1n) is 14.0. The highest BCUT2D eigenvalue weighted by molar-refractivity contribution is 7.89. The van der Waals surface area contributed by atoms with Crippen LogP contribution in [0, 0.1) is 10.1 Å². The third kappa shape index (κ3) is 7.69. The highest BCUT2D eigenvalue weighted by Gasteiger charge is 2.40. The Kier molecular flexibility index (Phi) is 9.49. The van der Waals surface area contributed by atoms with Gasteiger partial charge in [-0.2, -0.15) is 26.3 Å². The lowest BCUT2D eigenvalue weighted by molar-refractivity contribution is -0.388. The van der Waals surface area contributed by atoms with Gasteiger partial charge in [0.25, 0.3) is 5.69 Å². The van der Waals surface area contributed by atoms with Crippen LogP contribution in [0.25, 0.3) is 10.2 Å². The Morgan fingerprint density at radius 1 is 1.00 bits per heavy atom. The summed E-state index contributed by atoms with van der Waals surface area (Å²) in [5.74, 6) is -0.250. The summed E-state index contributed by atoms with van der Waals surface area (Å²) in [6.45, 7) is 1.38. The van der Waals surface area contributed by atoms with Crippen LogP contribution in [0.2, 0.25) is 0 Å². The molecule has 46 heavy (non-hydrogen) atoms. The van der Waals surface area contributed by atoms with Crippen LogP contribution in [0.1, 0.15) is 36.8 Å². The lowest BCUT2D eigenvalue weighted by atomic mass is 9.94. The zero-order valence-corrected chi connectivity index (χ0v) is 25.4. The first-order chi connectivity index (χ1) is 21.5. The molecule has 1 saturated heterocycles. The molecule has 0 bridgehead atoms. The van der Waals surface area contributed by atoms with Gasteiger partial charge < -0.3 is 14.5 Å². The number of halogens is 6. The van der Waals surface area contributed by atoms with Crippen molar-refractivity contribution in [2.45, 2.75) is 55.1 Å². The number of hydrogen-bond acceptors (Lipinski definition) is 9. The number of amides is 1. The second-order valence-corrected chi connectivity index (χ2v) is 13.6. The molecule has 1 aliphatic heterocycles. The molecule has 1 aliphatic carbocycles. The molecule has 11 nitrogen and oxygen atoms in total. The number of hydrogen-bond donors (Lipinski definition) is 1. The zero-order chi connectivity index (χ0) is 33.4. The van der Waals surface area contributed by atoms with E-state index in [2.05, 4.69) is 9.71 Å². The third-order valence-electron chi connectivity index (χ3n) is 7.83. The van der Waals surface area contributed by atoms with Crippen molar-refractivity contribution in [2.24, 2.45) is 0 Å². The maximum Gasteiger partial charge on any atom is 0.423 e. The molecule has 3 aromatic rings. The number of carbonyl (C=O) groups excluding carboxylic acids is 1. The van der Waals surface area contributed by atoms with Crippen molar-refractivity contribution < 1.29 is 49.2 Å². The van der Waals surface area contributed by atoms with E-state index in [9.17, 15) is 49.7 Å². The van der Waals surface area contributed by atoms with Crippen LogP contribution in [0.5, 0.6) is 0 Å². The molecule has 0 radical (unpaired) electrons. The van der Waals surface area contributed by atoms with Gasteiger partial charge in [-0.15, -0.1) is 0 Å². The van der Waals surface area contributed by atoms with Crippen molar-refractivity contribution in [3.8, 4) is 0 Å². The summed E-state index contributed by atoms with van der Waals surface area (Å²) in [6.07, 6.45) is -8.58. The number of nitrogens with one attached hydrogen (secondary N) is 1. The van der Waals surface area contributed by atoms with Gasteiger partial charge in [0.2, 0.25) is 15.9 Å². The van der Waals surface area contributed by atoms with Crippen molar-refractivity contribution in [1.82, 2.24) is 14.6 Å². The maximum absolute atomic E-state index is 13.3. The molecule has 0 unspecified atom stereocenters. The van der Waals surface area contributed by atoms with E-state index >= 15 is 0 Å². The van der Waals surface area contributed by atoms with E-state index in [0.29, 0.717) is 67.8 Å². The van der Waals surface area contributed by atoms with E-state index in [1.165, 1.54) is 17.4 Å². The predicted molar refractivity (Wildman–Crippen MR) is 154 cm³/mol. The second kappa shape index (κ2) is 12.9. The van der Waals surface area contributed by atoms with Crippen molar-refractivity contribution in [3.63, 3.8) is 0 Å². The van der Waals surface area contributed by atoms with Gasteiger partial charge in [-0.05, 0) is 56.0 Å². The molecule has 1 N–H and O–H groups in total. The predicted octanol–water partition coefficient (Wildman–Crippen LogP) is 5.20. The fourth-order valence-corrected chi connectivity index (χ4v) is 7.69. The smallest absolute Gasteiger partial charge is 0.368 e. The van der Waals surface area contributed by atoms with Crippen LogP contribution in [0.15, 0.2) is 41.3 Å². The summed E-state index contributed by atoms with van der Waals surface area (Å²) in [5.41, 5.74) is -3.43. The van der Waals surface area contributed by atoms with E-state index < -0.39 is 55.1 Å². The summed E-state index contributed by atoms with van der Waals surface area (Å²) in [5, 5.41) is 11.5. The number of thiazole rings is 1. The van der Waals surface area contributed by atoms with Gasteiger partial charge >= 0.3 is 12.4 Å². The molecule has 250 valence electrons. The number of ether oxygens (including phenoxy) is 1. The van der Waals surface area contributed by atoms with Gasteiger partial charge in [0.05, 0.1) is 31.7 Å². The molecule has 1 saturated carbocycles. The van der Waals surface area contributed by atoms with Crippen LogP contribution in [0.3, 0.4) is 0 Å². The van der Waals surface area contributed by atoms with Crippen molar-refractivity contribution in [2.75, 3.05) is 37.7 Å². The fourth-order valence-electron chi connectivity index (χ4n) is 5.36. The number of fused-ring (bicyclic) bond motifs is 1. The standard InChI is InChI=1S/C27H27F6N5O6S2/c28-26(29,30)16-1-8-23-21(13-16)34-25(45-23)37-11-9-36(10-12-37)24(39)15-44-18-4-2-17(3-5-18)35-46(42,43)19-6-7-22(38(40)41)20(14-19)27(31,32)33/h1,6-8,13-14,17-18,35H,2-5,9-12,15H2/t17-,18-. The minimum Gasteiger partial charge on any atom is -0.368 e. The quantitative estimate of drug-likeness (QED) is 0.193. The monoisotopic (exact) mass is 695 g/mol. The number of sulfonamides is 1. The molecule has 1 amide bonds. The summed E-state index contributed by atoms with van der Waals surface area (Å²) in [7, 11) is -4.41. The van der Waals surface area contributed by atoms with Crippen LogP contribution < -0.4 is 9.62 Å². The molecule has 19 heteroatoms. The van der Waals surface area contributed by atoms with E-state index in [1.54, 1.807) is 4.90 Å². The number of rotatable bonds is 8. The molecule has 2 aromatic carbocycles. The average Bonchev–Trinajstić information content (AvgIpc) is 3.43. The van der Waals surface area contributed by atoms with Gasteiger partial charge in [0.15, 0.2) is 5.13 Å². The summed E-state index contributed by atoms with van der Waals surface area (Å²) in [6, 6.07) is 4.32. The number of nitrogens with zero attached hydrogens (tertiary/aromatic N) is 4.